The van der Waals surface area contributed by atoms with Gasteiger partial charge >= 0.3 is 0 Å². The number of phenols is 6. The van der Waals surface area contributed by atoms with E-state index in [0.29, 0.717) is 39.1 Å². The zero-order valence-corrected chi connectivity index (χ0v) is 56.2. The predicted molar refractivity (Wildman–Crippen MR) is 386 cm³/mol. The molecule has 0 radical (unpaired) electrons. The number of hydrogen-bond acceptors (Lipinski definition) is 14. The third kappa shape index (κ3) is 35.7. The van der Waals surface area contributed by atoms with Gasteiger partial charge in [-0.05, 0) is 84.4 Å². The van der Waals surface area contributed by atoms with E-state index in [2.05, 4.69) is 103 Å². The molecule has 4 aromatic heterocycles. The summed E-state index contributed by atoms with van der Waals surface area (Å²) in [7, 11) is 1.00. The first-order chi connectivity index (χ1) is 44.7. The van der Waals surface area contributed by atoms with Crippen molar-refractivity contribution in [2.45, 2.75) is 104 Å². The highest BCUT2D eigenvalue weighted by Gasteiger charge is 2.00. The van der Waals surface area contributed by atoms with Gasteiger partial charge in [0.2, 0.25) is 0 Å². The quantitative estimate of drug-likeness (QED) is 0.0749. The Kier molecular flexibility index (Phi) is 54.4. The maximum absolute atomic E-state index is 9.31. The van der Waals surface area contributed by atoms with Crippen LogP contribution >= 0.6 is 0 Å². The molecule has 14 nitrogen and oxygen atoms in total. The van der Waals surface area contributed by atoms with Crippen LogP contribution in [0.5, 0.6) is 34.5 Å². The second kappa shape index (κ2) is 58.4. The molecule has 0 unspecified atom stereocenters. The van der Waals surface area contributed by atoms with Gasteiger partial charge in [-0.1, -0.05) is 266 Å². The number of aliphatic hydroxyl groups excluding tert-OH is 1. The van der Waals surface area contributed by atoms with Gasteiger partial charge in [0, 0.05) is 48.1 Å². The first kappa shape index (κ1) is 84.6. The van der Waals surface area contributed by atoms with Crippen molar-refractivity contribution in [2.24, 2.45) is 0 Å². The Hall–Kier alpha value is -10.6. The lowest BCUT2D eigenvalue weighted by molar-refractivity contribution is 0.399. The fourth-order valence-electron chi connectivity index (χ4n) is 6.58. The topological polar surface area (TPSA) is 232 Å². The van der Waals surface area contributed by atoms with Crippen molar-refractivity contribution in [3.63, 3.8) is 0 Å². The minimum absolute atomic E-state index is 0.176. The molecule has 0 spiro atoms. The van der Waals surface area contributed by atoms with E-state index in [1.165, 1.54) is 22.7 Å². The van der Waals surface area contributed by atoms with Crippen LogP contribution in [0.2, 0.25) is 0 Å². The fourth-order valence-corrected chi connectivity index (χ4v) is 6.58. The molecule has 13 aromatic rings. The summed E-state index contributed by atoms with van der Waals surface area (Å²) in [6.45, 7) is 30.1. The molecule has 0 aliphatic carbocycles. The Morgan fingerprint density at radius 1 is 0.264 bits per heavy atom. The van der Waals surface area contributed by atoms with Crippen molar-refractivity contribution < 1.29 is 35.7 Å². The number of pyridine rings is 1. The Morgan fingerprint density at radius 2 is 0.604 bits per heavy atom. The molecule has 0 amide bonds. The number of fused-ring (bicyclic) bond motifs is 5. The zero-order valence-electron chi connectivity index (χ0n) is 56.2. The van der Waals surface area contributed by atoms with E-state index in [4.69, 9.17) is 15.3 Å². The number of rotatable bonds is 0. The van der Waals surface area contributed by atoms with Gasteiger partial charge in [0.05, 0.1) is 11.7 Å². The molecule has 0 saturated heterocycles. The summed E-state index contributed by atoms with van der Waals surface area (Å²) in [5, 5.41) is 74.2. The van der Waals surface area contributed by atoms with Gasteiger partial charge in [0.15, 0.2) is 0 Å². The van der Waals surface area contributed by atoms with Crippen molar-refractivity contribution >= 4 is 54.5 Å². The molecule has 4 heterocycles. The summed E-state index contributed by atoms with van der Waals surface area (Å²) < 4.78 is 0. The second-order valence-electron chi connectivity index (χ2n) is 15.7. The molecular weight excluding hydrogens is 1130 g/mol. The average Bonchev–Trinajstić information content (AvgIpc) is 3.23. The van der Waals surface area contributed by atoms with E-state index in [0.717, 1.165) is 23.3 Å². The average molecular weight is 1230 g/mol. The Labute approximate surface area is 541 Å². The zero-order chi connectivity index (χ0) is 68.9. The van der Waals surface area contributed by atoms with E-state index in [-0.39, 0.29) is 23.0 Å². The molecule has 0 aliphatic rings. The van der Waals surface area contributed by atoms with Crippen LogP contribution in [-0.4, -0.2) is 78.0 Å². The van der Waals surface area contributed by atoms with Gasteiger partial charge in [-0.3, -0.25) is 9.97 Å². The molecule has 0 atom stereocenters. The largest absolute Gasteiger partial charge is 0.508 e. The lowest BCUT2D eigenvalue weighted by Crippen LogP contribution is -1.81. The third-order valence-corrected chi connectivity index (χ3v) is 10.2. The number of aryl methyl sites for hydroxylation is 1. The number of nitrogens with zero attached hydrogens (tertiary/aromatic N) is 7. The molecule has 14 heteroatoms. The van der Waals surface area contributed by atoms with Crippen LogP contribution in [-0.2, 0) is 0 Å². The lowest BCUT2D eigenvalue weighted by Gasteiger charge is -1.96. The molecule has 0 saturated carbocycles. The van der Waals surface area contributed by atoms with E-state index in [1.54, 1.807) is 128 Å². The number of hydrogen-bond donors (Lipinski definition) is 7. The molecule has 13 rings (SSSR count). The normalized spacial score (nSPS) is 8.54. The maximum Gasteiger partial charge on any atom is 0.143 e. The van der Waals surface area contributed by atoms with Crippen LogP contribution in [0.1, 0.15) is 102 Å². The van der Waals surface area contributed by atoms with E-state index < -0.39 is 0 Å². The van der Waals surface area contributed by atoms with Gasteiger partial charge in [-0.2, -0.15) is 5.10 Å². The number of para-hydroxylation sites is 5. The van der Waals surface area contributed by atoms with Crippen LogP contribution in [0.25, 0.3) is 54.5 Å². The summed E-state index contributed by atoms with van der Waals surface area (Å²) in [6, 6.07) is 71.0. The number of benzene rings is 9. The van der Waals surface area contributed by atoms with E-state index >= 15 is 0 Å². The van der Waals surface area contributed by atoms with Crippen LogP contribution < -0.4 is 0 Å². The molecule has 0 fully saturated rings. The van der Waals surface area contributed by atoms with Crippen molar-refractivity contribution in [2.75, 3.05) is 7.11 Å². The minimum atomic E-state index is 0.176. The summed E-state index contributed by atoms with van der Waals surface area (Å²) in [4.78, 5) is 19.8. The Bertz CT molecular complexity index is 3250. The minimum Gasteiger partial charge on any atom is -0.508 e. The van der Waals surface area contributed by atoms with Crippen LogP contribution in [0.4, 0.5) is 0 Å². The highest BCUT2D eigenvalue weighted by Crippen LogP contribution is 2.23. The van der Waals surface area contributed by atoms with Crippen LogP contribution in [0.3, 0.4) is 0 Å². The van der Waals surface area contributed by atoms with E-state index in [1.807, 2.05) is 170 Å². The SMILES string of the molecule is CC.CC.CC.CC.CC.CC.CC.CO.Cc1ccccc1.Oc1cccc2cccnc12.Oc1cccc2ccnnc12.Oc1cccc2cncnc12.Oc1cccc2nccnc12.Oc1ccccc1.Oc1ccccc1.c1ccc2ccccc2c1. The van der Waals surface area contributed by atoms with Gasteiger partial charge in [0.1, 0.15) is 62.9 Å². The molecule has 484 valence electrons. The summed E-state index contributed by atoms with van der Waals surface area (Å²) in [5.74, 6) is 1.43. The third-order valence-electron chi connectivity index (χ3n) is 10.2. The number of aromatic hydroxyl groups is 6. The van der Waals surface area contributed by atoms with Crippen molar-refractivity contribution in [1.29, 1.82) is 0 Å². The number of aliphatic hydroxyl groups is 1. The highest BCUT2D eigenvalue weighted by molar-refractivity contribution is 5.85. The van der Waals surface area contributed by atoms with Crippen molar-refractivity contribution in [3.8, 4) is 34.5 Å². The monoisotopic (exact) mass is 1230 g/mol. The smallest absolute Gasteiger partial charge is 0.143 e. The summed E-state index contributed by atoms with van der Waals surface area (Å²) in [6.07, 6.45) is 9.51. The number of aromatic nitrogens is 7. The fraction of sp³-hybridized carbons (Fsp3) is 0.208. The first-order valence-electron chi connectivity index (χ1n) is 30.7. The summed E-state index contributed by atoms with van der Waals surface area (Å²) in [5.41, 5.74) is 4.40. The van der Waals surface area contributed by atoms with Gasteiger partial charge in [-0.15, -0.1) is 5.10 Å². The molecule has 9 aromatic carbocycles. The molecule has 0 bridgehead atoms. The van der Waals surface area contributed by atoms with Crippen LogP contribution in [0.15, 0.2) is 268 Å². The predicted octanol–water partition coefficient (Wildman–Crippen LogP) is 20.4. The summed E-state index contributed by atoms with van der Waals surface area (Å²) >= 11 is 0. The highest BCUT2D eigenvalue weighted by atomic mass is 16.3. The maximum atomic E-state index is 9.31. The standard InChI is InChI=1S/C10H8.C9H7NO.3C8H6N2O.C7H8.2C6H6O.7C2H6.CH4O/c1-2-6-10-8-4-3-7-9(10)5-1;11-8-5-1-3-7-4-2-6-10-9(7)8;11-7-3-1-2-6-4-9-5-10-8(6)7;11-7-3-1-2-6-8(7)10-5-4-9-6;11-7-3-1-2-6-4-5-9-10-8(6)7;1-7-5-3-2-4-6-7;2*7-6-4-2-1-3-5-6;8*1-2/h1-8H;1-6,11H;3*1-5,11H;2-6H,1H3;2*1-5,7H;7*1-2H3;2H,1H3. The Morgan fingerprint density at radius 3 is 0.989 bits per heavy atom. The molecule has 91 heavy (non-hydrogen) atoms. The van der Waals surface area contributed by atoms with Gasteiger partial charge in [-0.25, -0.2) is 15.0 Å². The molecule has 7 N–H and O–H groups in total. The first-order valence-corrected chi connectivity index (χ1v) is 30.7. The number of phenolic OH excluding ortho intramolecular Hbond substituents is 6. The van der Waals surface area contributed by atoms with Crippen LogP contribution in [0, 0.1) is 6.92 Å². The lowest BCUT2D eigenvalue weighted by atomic mass is 10.1. The molecular formula is C77H99N7O7. The van der Waals surface area contributed by atoms with Gasteiger partial charge in [0.25, 0.3) is 0 Å². The second-order valence-corrected chi connectivity index (χ2v) is 15.7. The van der Waals surface area contributed by atoms with Crippen molar-refractivity contribution in [3.05, 3.63) is 273 Å². The Balaban J connectivity index is -0.000000947. The van der Waals surface area contributed by atoms with Crippen molar-refractivity contribution in [1.82, 2.24) is 35.1 Å². The van der Waals surface area contributed by atoms with Gasteiger partial charge < -0.3 is 35.7 Å². The molecule has 0 aliphatic heterocycles. The van der Waals surface area contributed by atoms with E-state index in [9.17, 15) is 20.4 Å².